The van der Waals surface area contributed by atoms with Gasteiger partial charge in [0.15, 0.2) is 0 Å². The van der Waals surface area contributed by atoms with E-state index in [4.69, 9.17) is 0 Å². The molecule has 0 aromatic carbocycles. The smallest absolute Gasteiger partial charge is 0.202 e. The van der Waals surface area contributed by atoms with Gasteiger partial charge in [0, 0.05) is 38.2 Å². The molecule has 90 valence electrons. The van der Waals surface area contributed by atoms with Crippen molar-refractivity contribution in [3.63, 3.8) is 0 Å². The molecule has 1 N–H and O–H groups in total. The molecule has 0 atom stereocenters. The first-order chi connectivity index (χ1) is 8.31. The van der Waals surface area contributed by atoms with E-state index in [1.54, 1.807) is 0 Å². The van der Waals surface area contributed by atoms with E-state index in [0.717, 1.165) is 18.9 Å². The van der Waals surface area contributed by atoms with Gasteiger partial charge < -0.3 is 9.88 Å². The highest BCUT2D eigenvalue weighted by atomic mass is 15.2. The number of hydrogen-bond acceptors (Lipinski definition) is 3. The van der Waals surface area contributed by atoms with Crippen molar-refractivity contribution in [2.24, 2.45) is 7.05 Å². The summed E-state index contributed by atoms with van der Waals surface area (Å²) in [4.78, 5) is 4.34. The first-order valence-corrected chi connectivity index (χ1v) is 6.06. The van der Waals surface area contributed by atoms with Gasteiger partial charge in [-0.2, -0.15) is 5.10 Å². The number of imidazole rings is 1. The van der Waals surface area contributed by atoms with Crippen molar-refractivity contribution in [1.82, 2.24) is 19.3 Å². The van der Waals surface area contributed by atoms with Gasteiger partial charge in [-0.25, -0.2) is 4.98 Å². The first-order valence-electron chi connectivity index (χ1n) is 6.06. The Morgan fingerprint density at radius 1 is 1.47 bits per heavy atom. The molecule has 0 amide bonds. The van der Waals surface area contributed by atoms with Crippen LogP contribution in [0.1, 0.15) is 18.4 Å². The van der Waals surface area contributed by atoms with Crippen LogP contribution >= 0.6 is 0 Å². The summed E-state index contributed by atoms with van der Waals surface area (Å²) in [6.07, 6.45) is 11.4. The molecule has 1 fully saturated rings. The number of aromatic nitrogens is 4. The molecule has 5 nitrogen and oxygen atoms in total. The lowest BCUT2D eigenvalue weighted by Crippen LogP contribution is -2.10. The van der Waals surface area contributed by atoms with Crippen molar-refractivity contribution in [3.8, 4) is 0 Å². The van der Waals surface area contributed by atoms with E-state index in [2.05, 4.69) is 26.2 Å². The van der Waals surface area contributed by atoms with Crippen molar-refractivity contribution in [2.75, 3.05) is 5.32 Å². The molecule has 2 aromatic heterocycles. The van der Waals surface area contributed by atoms with Crippen LogP contribution in [0.3, 0.4) is 0 Å². The maximum Gasteiger partial charge on any atom is 0.202 e. The second-order valence-corrected chi connectivity index (χ2v) is 4.64. The fourth-order valence-electron chi connectivity index (χ4n) is 1.89. The van der Waals surface area contributed by atoms with Gasteiger partial charge in [-0.3, -0.25) is 4.68 Å². The predicted octanol–water partition coefficient (Wildman–Crippen LogP) is 1.43. The molecule has 0 unspecified atom stereocenters. The molecule has 2 aromatic rings. The molecule has 0 aliphatic heterocycles. The third-order valence-electron chi connectivity index (χ3n) is 3.03. The first kappa shape index (κ1) is 10.4. The lowest BCUT2D eigenvalue weighted by atomic mass is 10.2. The van der Waals surface area contributed by atoms with E-state index < -0.39 is 0 Å². The number of nitrogens with zero attached hydrogens (tertiary/aromatic N) is 4. The van der Waals surface area contributed by atoms with Gasteiger partial charge in [-0.15, -0.1) is 0 Å². The molecular weight excluding hydrogens is 214 g/mol. The standard InChI is InChI=1S/C12H17N5/c1-16-9-10(8-14-16)4-6-17-7-5-13-12(17)15-11-2-3-11/h5,7-9,11H,2-4,6H2,1H3,(H,13,15). The quantitative estimate of drug-likeness (QED) is 0.847. The zero-order chi connectivity index (χ0) is 11.7. The van der Waals surface area contributed by atoms with Crippen molar-refractivity contribution < 1.29 is 0 Å². The molecule has 17 heavy (non-hydrogen) atoms. The van der Waals surface area contributed by atoms with Crippen LogP contribution in [-0.2, 0) is 20.0 Å². The number of anilines is 1. The van der Waals surface area contributed by atoms with Crippen LogP contribution in [0.15, 0.2) is 24.8 Å². The SMILES string of the molecule is Cn1cc(CCn2ccnc2NC2CC2)cn1. The molecule has 5 heteroatoms. The van der Waals surface area contributed by atoms with Gasteiger partial charge in [-0.05, 0) is 24.8 Å². The number of hydrogen-bond donors (Lipinski definition) is 1. The minimum atomic E-state index is 0.648. The monoisotopic (exact) mass is 231 g/mol. The summed E-state index contributed by atoms with van der Waals surface area (Å²) in [5, 5.41) is 7.61. The number of rotatable bonds is 5. The summed E-state index contributed by atoms with van der Waals surface area (Å²) in [6, 6.07) is 0.648. The van der Waals surface area contributed by atoms with E-state index >= 15 is 0 Å². The van der Waals surface area contributed by atoms with Crippen LogP contribution in [-0.4, -0.2) is 25.4 Å². The lowest BCUT2D eigenvalue weighted by Gasteiger charge is -2.08. The largest absolute Gasteiger partial charge is 0.353 e. The van der Waals surface area contributed by atoms with Crippen molar-refractivity contribution in [1.29, 1.82) is 0 Å². The highest BCUT2D eigenvalue weighted by molar-refractivity contribution is 5.29. The Balaban J connectivity index is 1.62. The number of nitrogens with one attached hydrogen (secondary N) is 1. The Kier molecular flexibility index (Phi) is 2.59. The fraction of sp³-hybridized carbons (Fsp3) is 0.500. The molecular formula is C12H17N5. The molecule has 0 spiro atoms. The van der Waals surface area contributed by atoms with E-state index in [-0.39, 0.29) is 0 Å². The van der Waals surface area contributed by atoms with Crippen molar-refractivity contribution in [3.05, 3.63) is 30.4 Å². The third-order valence-corrected chi connectivity index (χ3v) is 3.03. The molecule has 1 aliphatic carbocycles. The summed E-state index contributed by atoms with van der Waals surface area (Å²) < 4.78 is 4.01. The normalized spacial score (nSPS) is 15.1. The Bertz CT molecular complexity index is 494. The van der Waals surface area contributed by atoms with Crippen LogP contribution in [0, 0.1) is 0 Å². The molecule has 1 saturated carbocycles. The predicted molar refractivity (Wildman–Crippen MR) is 65.8 cm³/mol. The average Bonchev–Trinajstić information content (AvgIpc) is 2.84. The highest BCUT2D eigenvalue weighted by Gasteiger charge is 2.22. The van der Waals surface area contributed by atoms with Crippen LogP contribution in [0.4, 0.5) is 5.95 Å². The topological polar surface area (TPSA) is 47.7 Å². The molecule has 0 bridgehead atoms. The molecule has 0 saturated heterocycles. The van der Waals surface area contributed by atoms with Gasteiger partial charge in [0.2, 0.25) is 5.95 Å². The van der Waals surface area contributed by atoms with E-state index in [9.17, 15) is 0 Å². The van der Waals surface area contributed by atoms with Gasteiger partial charge in [0.25, 0.3) is 0 Å². The van der Waals surface area contributed by atoms with Crippen molar-refractivity contribution >= 4 is 5.95 Å². The fourth-order valence-corrected chi connectivity index (χ4v) is 1.89. The molecule has 2 heterocycles. The minimum Gasteiger partial charge on any atom is -0.353 e. The van der Waals surface area contributed by atoms with Gasteiger partial charge in [-0.1, -0.05) is 0 Å². The van der Waals surface area contributed by atoms with Crippen LogP contribution in [0.5, 0.6) is 0 Å². The van der Waals surface area contributed by atoms with Gasteiger partial charge in [0.1, 0.15) is 0 Å². The van der Waals surface area contributed by atoms with Crippen LogP contribution in [0.25, 0.3) is 0 Å². The molecule has 0 radical (unpaired) electrons. The summed E-state index contributed by atoms with van der Waals surface area (Å²) >= 11 is 0. The number of aryl methyl sites for hydroxylation is 3. The Morgan fingerprint density at radius 3 is 3.06 bits per heavy atom. The third kappa shape index (κ3) is 2.49. The molecule has 3 rings (SSSR count). The van der Waals surface area contributed by atoms with Crippen molar-refractivity contribution in [2.45, 2.75) is 31.8 Å². The second kappa shape index (κ2) is 4.24. The minimum absolute atomic E-state index is 0.648. The maximum atomic E-state index is 4.34. The van der Waals surface area contributed by atoms with E-state index in [1.165, 1.54) is 18.4 Å². The zero-order valence-corrected chi connectivity index (χ0v) is 10.0. The highest BCUT2D eigenvalue weighted by Crippen LogP contribution is 2.23. The van der Waals surface area contributed by atoms with Crippen LogP contribution < -0.4 is 5.32 Å². The second-order valence-electron chi connectivity index (χ2n) is 4.64. The molecule has 1 aliphatic rings. The summed E-state index contributed by atoms with van der Waals surface area (Å²) in [7, 11) is 1.95. The van der Waals surface area contributed by atoms with Gasteiger partial charge in [0.05, 0.1) is 6.20 Å². The van der Waals surface area contributed by atoms with E-state index in [0.29, 0.717) is 6.04 Å². The summed E-state index contributed by atoms with van der Waals surface area (Å²) in [5.74, 6) is 0.997. The Labute approximate surface area is 100 Å². The average molecular weight is 231 g/mol. The maximum absolute atomic E-state index is 4.34. The van der Waals surface area contributed by atoms with E-state index in [1.807, 2.05) is 30.3 Å². The lowest BCUT2D eigenvalue weighted by molar-refractivity contribution is 0.697. The van der Waals surface area contributed by atoms with Crippen LogP contribution in [0.2, 0.25) is 0 Å². The Hall–Kier alpha value is -1.78. The zero-order valence-electron chi connectivity index (χ0n) is 10.0. The van der Waals surface area contributed by atoms with Gasteiger partial charge >= 0.3 is 0 Å². The Morgan fingerprint density at radius 2 is 2.35 bits per heavy atom. The summed E-state index contributed by atoms with van der Waals surface area (Å²) in [5.41, 5.74) is 1.26. The summed E-state index contributed by atoms with van der Waals surface area (Å²) in [6.45, 7) is 0.945.